The first kappa shape index (κ1) is 15.4. The molecule has 5 heteroatoms. The zero-order chi connectivity index (χ0) is 16.5. The van der Waals surface area contributed by atoms with Crippen molar-refractivity contribution in [3.8, 4) is 0 Å². The topological polar surface area (TPSA) is 47.4 Å². The van der Waals surface area contributed by atoms with Crippen molar-refractivity contribution < 1.29 is 9.53 Å². The van der Waals surface area contributed by atoms with Crippen molar-refractivity contribution in [1.29, 1.82) is 0 Å². The van der Waals surface area contributed by atoms with Crippen molar-refractivity contribution >= 4 is 5.91 Å². The Labute approximate surface area is 142 Å². The summed E-state index contributed by atoms with van der Waals surface area (Å²) in [4.78, 5) is 19.3. The molecule has 0 aliphatic carbocycles. The molecule has 0 bridgehead atoms. The van der Waals surface area contributed by atoms with Crippen molar-refractivity contribution in [3.63, 3.8) is 0 Å². The number of likely N-dealkylation sites (tertiary alicyclic amines) is 1. The first-order chi connectivity index (χ1) is 11.8. The smallest absolute Gasteiger partial charge is 0.253 e. The van der Waals surface area contributed by atoms with Crippen molar-refractivity contribution in [1.82, 2.24) is 14.5 Å². The van der Waals surface area contributed by atoms with Crippen LogP contribution in [0.5, 0.6) is 0 Å². The molecule has 1 unspecified atom stereocenters. The lowest BCUT2D eigenvalue weighted by molar-refractivity contribution is 0.0678. The fourth-order valence-electron chi connectivity index (χ4n) is 3.80. The maximum Gasteiger partial charge on any atom is 0.253 e. The number of rotatable bonds is 3. The highest BCUT2D eigenvalue weighted by atomic mass is 16.5. The second kappa shape index (κ2) is 6.40. The number of ether oxygens (including phenoxy) is 1. The van der Waals surface area contributed by atoms with Crippen LogP contribution in [0.15, 0.2) is 30.6 Å². The zero-order valence-corrected chi connectivity index (χ0v) is 14.1. The summed E-state index contributed by atoms with van der Waals surface area (Å²) in [7, 11) is 0. The highest BCUT2D eigenvalue weighted by molar-refractivity contribution is 5.94. The van der Waals surface area contributed by atoms with Gasteiger partial charge >= 0.3 is 0 Å². The van der Waals surface area contributed by atoms with Gasteiger partial charge < -0.3 is 14.2 Å². The lowest BCUT2D eigenvalue weighted by Crippen LogP contribution is -2.41. The molecule has 126 valence electrons. The van der Waals surface area contributed by atoms with Gasteiger partial charge in [0, 0.05) is 37.5 Å². The van der Waals surface area contributed by atoms with Crippen LogP contribution in [-0.2, 0) is 24.4 Å². The van der Waals surface area contributed by atoms with E-state index in [-0.39, 0.29) is 5.91 Å². The monoisotopic (exact) mass is 325 g/mol. The molecule has 3 heterocycles. The number of aryl methyl sites for hydroxylation is 1. The van der Waals surface area contributed by atoms with Crippen LogP contribution in [0, 0.1) is 0 Å². The van der Waals surface area contributed by atoms with Crippen LogP contribution in [-0.4, -0.2) is 33.4 Å². The molecule has 0 radical (unpaired) electrons. The van der Waals surface area contributed by atoms with Crippen molar-refractivity contribution in [2.75, 3.05) is 13.1 Å². The predicted molar refractivity (Wildman–Crippen MR) is 90.7 cm³/mol. The van der Waals surface area contributed by atoms with Gasteiger partial charge in [0.2, 0.25) is 0 Å². The van der Waals surface area contributed by atoms with Gasteiger partial charge in [-0.05, 0) is 36.1 Å². The van der Waals surface area contributed by atoms with Crippen LogP contribution in [0.3, 0.4) is 0 Å². The molecular weight excluding hydrogens is 302 g/mol. The fourth-order valence-corrected chi connectivity index (χ4v) is 3.80. The zero-order valence-electron chi connectivity index (χ0n) is 14.1. The molecule has 1 amide bonds. The second-order valence-electron chi connectivity index (χ2n) is 6.63. The van der Waals surface area contributed by atoms with Gasteiger partial charge in [-0.25, -0.2) is 4.98 Å². The minimum atomic E-state index is 0.132. The largest absolute Gasteiger partial charge is 0.372 e. The van der Waals surface area contributed by atoms with Gasteiger partial charge in [0.1, 0.15) is 5.82 Å². The normalized spacial score (nSPS) is 20.2. The Balaban J connectivity index is 1.52. The highest BCUT2D eigenvalue weighted by Crippen LogP contribution is 2.26. The number of imidazole rings is 1. The number of aromatic nitrogens is 2. The second-order valence-corrected chi connectivity index (χ2v) is 6.63. The Hall–Kier alpha value is -2.14. The summed E-state index contributed by atoms with van der Waals surface area (Å²) in [5, 5.41) is 0. The van der Waals surface area contributed by atoms with Gasteiger partial charge in [-0.3, -0.25) is 4.79 Å². The quantitative estimate of drug-likeness (QED) is 0.872. The summed E-state index contributed by atoms with van der Waals surface area (Å²) in [6.45, 7) is 5.00. The average molecular weight is 325 g/mol. The standard InChI is InChI=1S/C19H23N3O2/c1-2-18-20-7-9-22(18)17-4-3-8-21(11-17)19(23)14-5-6-15-12-24-13-16(15)10-14/h5-7,9-10,17H,2-4,8,11-13H2,1H3. The summed E-state index contributed by atoms with van der Waals surface area (Å²) < 4.78 is 7.70. The Morgan fingerprint density at radius 3 is 3.08 bits per heavy atom. The van der Waals surface area contributed by atoms with Crippen LogP contribution in [0.1, 0.15) is 53.1 Å². The SMILES string of the molecule is CCc1nccn1C1CCCN(C(=O)c2ccc3c(c2)COC3)C1. The number of carbonyl (C=O) groups is 1. The third kappa shape index (κ3) is 2.73. The molecule has 1 aromatic heterocycles. The fraction of sp³-hybridized carbons (Fsp3) is 0.474. The molecule has 2 aliphatic rings. The molecule has 0 spiro atoms. The summed E-state index contributed by atoms with van der Waals surface area (Å²) in [5.74, 6) is 1.23. The van der Waals surface area contributed by atoms with E-state index in [2.05, 4.69) is 16.5 Å². The van der Waals surface area contributed by atoms with Gasteiger partial charge in [0.25, 0.3) is 5.91 Å². The van der Waals surface area contributed by atoms with E-state index in [9.17, 15) is 4.79 Å². The van der Waals surface area contributed by atoms with Gasteiger partial charge in [-0.2, -0.15) is 0 Å². The molecule has 0 saturated carbocycles. The number of benzene rings is 1. The van der Waals surface area contributed by atoms with Crippen LogP contribution in [0.4, 0.5) is 0 Å². The Morgan fingerprint density at radius 2 is 2.21 bits per heavy atom. The van der Waals surface area contributed by atoms with Crippen molar-refractivity contribution in [2.45, 2.75) is 45.4 Å². The van der Waals surface area contributed by atoms with Crippen LogP contribution >= 0.6 is 0 Å². The number of carbonyl (C=O) groups excluding carboxylic acids is 1. The summed E-state index contributed by atoms with van der Waals surface area (Å²) in [5.41, 5.74) is 3.13. The number of hydrogen-bond donors (Lipinski definition) is 0. The minimum Gasteiger partial charge on any atom is -0.372 e. The summed E-state index contributed by atoms with van der Waals surface area (Å²) in [6, 6.07) is 6.30. The van der Waals surface area contributed by atoms with E-state index in [4.69, 9.17) is 4.74 Å². The summed E-state index contributed by atoms with van der Waals surface area (Å²) in [6.07, 6.45) is 6.96. The lowest BCUT2D eigenvalue weighted by atomic mass is 10.0. The molecular formula is C19H23N3O2. The van der Waals surface area contributed by atoms with Crippen LogP contribution in [0.25, 0.3) is 0 Å². The number of amides is 1. The van der Waals surface area contributed by atoms with E-state index in [1.165, 1.54) is 5.56 Å². The third-order valence-electron chi connectivity index (χ3n) is 5.11. The Kier molecular flexibility index (Phi) is 4.10. The molecule has 1 fully saturated rings. The molecule has 24 heavy (non-hydrogen) atoms. The third-order valence-corrected chi connectivity index (χ3v) is 5.11. The number of hydrogen-bond acceptors (Lipinski definition) is 3. The van der Waals surface area contributed by atoms with Crippen LogP contribution in [0.2, 0.25) is 0 Å². The lowest BCUT2D eigenvalue weighted by Gasteiger charge is -2.34. The van der Waals surface area contributed by atoms with Gasteiger partial charge in [-0.15, -0.1) is 0 Å². The van der Waals surface area contributed by atoms with E-state index in [0.29, 0.717) is 19.3 Å². The van der Waals surface area contributed by atoms with Crippen molar-refractivity contribution in [2.24, 2.45) is 0 Å². The number of piperidine rings is 1. The van der Waals surface area contributed by atoms with E-state index in [0.717, 1.165) is 49.3 Å². The summed E-state index contributed by atoms with van der Waals surface area (Å²) >= 11 is 0. The minimum absolute atomic E-state index is 0.132. The molecule has 2 aromatic rings. The van der Waals surface area contributed by atoms with Crippen LogP contribution < -0.4 is 0 Å². The average Bonchev–Trinajstić information content (AvgIpc) is 3.29. The van der Waals surface area contributed by atoms with E-state index < -0.39 is 0 Å². The molecule has 1 saturated heterocycles. The maximum atomic E-state index is 12.9. The first-order valence-corrected chi connectivity index (χ1v) is 8.76. The van der Waals surface area contributed by atoms with E-state index in [1.807, 2.05) is 35.5 Å². The first-order valence-electron chi connectivity index (χ1n) is 8.76. The highest BCUT2D eigenvalue weighted by Gasteiger charge is 2.27. The van der Waals surface area contributed by atoms with Gasteiger partial charge in [0.15, 0.2) is 0 Å². The van der Waals surface area contributed by atoms with Gasteiger partial charge in [-0.1, -0.05) is 13.0 Å². The number of fused-ring (bicyclic) bond motifs is 1. The molecule has 2 aliphatic heterocycles. The molecule has 1 aromatic carbocycles. The van der Waals surface area contributed by atoms with Gasteiger partial charge in [0.05, 0.1) is 19.3 Å². The molecule has 1 atom stereocenters. The number of nitrogens with zero attached hydrogens (tertiary/aromatic N) is 3. The van der Waals surface area contributed by atoms with E-state index >= 15 is 0 Å². The predicted octanol–water partition coefficient (Wildman–Crippen LogP) is 2.95. The van der Waals surface area contributed by atoms with Crippen molar-refractivity contribution in [3.05, 3.63) is 53.1 Å². The molecule has 5 nitrogen and oxygen atoms in total. The molecule has 0 N–H and O–H groups in total. The Morgan fingerprint density at radius 1 is 1.33 bits per heavy atom. The van der Waals surface area contributed by atoms with E-state index in [1.54, 1.807) is 0 Å². The Bertz CT molecular complexity index is 753. The molecule has 4 rings (SSSR count). The maximum absolute atomic E-state index is 12.9.